The summed E-state index contributed by atoms with van der Waals surface area (Å²) in [5.74, 6) is 6.58. The number of aliphatic hydroxyl groups excluding tert-OH is 1. The largest absolute Gasteiger partial charge is 0.395 e. The Kier molecular flexibility index (Phi) is 5.00. The Morgan fingerprint density at radius 1 is 1.42 bits per heavy atom. The van der Waals surface area contributed by atoms with Crippen LogP contribution in [0.2, 0.25) is 0 Å². The summed E-state index contributed by atoms with van der Waals surface area (Å²) in [6, 6.07) is 7.28. The van der Waals surface area contributed by atoms with E-state index in [4.69, 9.17) is 5.11 Å². The van der Waals surface area contributed by atoms with Crippen molar-refractivity contribution in [1.82, 2.24) is 5.32 Å². The van der Waals surface area contributed by atoms with Crippen molar-refractivity contribution in [2.45, 2.75) is 25.7 Å². The molecular weight excluding hydrogens is 238 g/mol. The number of hydrogen-bond acceptors (Lipinski definition) is 2. The van der Waals surface area contributed by atoms with Crippen LogP contribution in [0, 0.1) is 17.8 Å². The van der Waals surface area contributed by atoms with Crippen molar-refractivity contribution in [2.24, 2.45) is 5.92 Å². The lowest BCUT2D eigenvalue weighted by Gasteiger charge is -2.04. The molecule has 19 heavy (non-hydrogen) atoms. The molecule has 1 aromatic rings. The molecule has 0 unspecified atom stereocenters. The quantitative estimate of drug-likeness (QED) is 0.792. The second kappa shape index (κ2) is 6.96. The van der Waals surface area contributed by atoms with E-state index in [1.54, 1.807) is 12.1 Å². The molecule has 3 nitrogen and oxygen atoms in total. The number of carbonyl (C=O) groups excluding carboxylic acids is 1. The van der Waals surface area contributed by atoms with Crippen molar-refractivity contribution in [2.75, 3.05) is 13.2 Å². The molecule has 0 heterocycles. The molecule has 0 spiro atoms. The van der Waals surface area contributed by atoms with Gasteiger partial charge in [0, 0.05) is 24.1 Å². The number of amides is 1. The topological polar surface area (TPSA) is 49.3 Å². The Bertz CT molecular complexity index is 495. The molecule has 0 radical (unpaired) electrons. The van der Waals surface area contributed by atoms with E-state index in [-0.39, 0.29) is 12.5 Å². The third-order valence-corrected chi connectivity index (χ3v) is 3.13. The highest BCUT2D eigenvalue weighted by molar-refractivity contribution is 5.94. The fourth-order valence-electron chi connectivity index (χ4n) is 1.86. The number of rotatable bonds is 5. The number of aliphatic hydroxyl groups is 1. The van der Waals surface area contributed by atoms with Crippen LogP contribution in [-0.2, 0) is 0 Å². The lowest BCUT2D eigenvalue weighted by molar-refractivity contribution is 0.0952. The minimum Gasteiger partial charge on any atom is -0.395 e. The number of nitrogens with one attached hydrogen (secondary N) is 1. The van der Waals surface area contributed by atoms with Gasteiger partial charge in [-0.1, -0.05) is 30.7 Å². The Balaban J connectivity index is 1.89. The fraction of sp³-hybridized carbons (Fsp3) is 0.438. The van der Waals surface area contributed by atoms with Crippen LogP contribution in [0.25, 0.3) is 0 Å². The molecule has 100 valence electrons. The van der Waals surface area contributed by atoms with Gasteiger partial charge in [0.1, 0.15) is 0 Å². The summed E-state index contributed by atoms with van der Waals surface area (Å²) < 4.78 is 0. The third-order valence-electron chi connectivity index (χ3n) is 3.13. The van der Waals surface area contributed by atoms with Crippen LogP contribution in [-0.4, -0.2) is 24.2 Å². The lowest BCUT2D eigenvalue weighted by atomic mass is 10.1. The van der Waals surface area contributed by atoms with Crippen molar-refractivity contribution in [1.29, 1.82) is 0 Å². The van der Waals surface area contributed by atoms with Gasteiger partial charge in [0.25, 0.3) is 5.91 Å². The molecule has 1 aromatic carbocycles. The molecule has 0 bridgehead atoms. The average Bonchev–Trinajstić information content (AvgIpc) is 3.23. The summed E-state index contributed by atoms with van der Waals surface area (Å²) in [5, 5.41) is 11.6. The number of carbonyl (C=O) groups is 1. The lowest BCUT2D eigenvalue weighted by Crippen LogP contribution is -2.24. The van der Waals surface area contributed by atoms with Crippen LogP contribution in [0.4, 0.5) is 0 Å². The van der Waals surface area contributed by atoms with Crippen LogP contribution < -0.4 is 5.32 Å². The molecule has 1 saturated carbocycles. The maximum absolute atomic E-state index is 11.9. The predicted molar refractivity (Wildman–Crippen MR) is 74.7 cm³/mol. The van der Waals surface area contributed by atoms with Crippen LogP contribution in [0.15, 0.2) is 24.3 Å². The summed E-state index contributed by atoms with van der Waals surface area (Å²) in [6.45, 7) is 0.818. The smallest absolute Gasteiger partial charge is 0.251 e. The van der Waals surface area contributed by atoms with E-state index < -0.39 is 0 Å². The first-order valence-corrected chi connectivity index (χ1v) is 6.77. The van der Waals surface area contributed by atoms with E-state index in [9.17, 15) is 4.79 Å². The first-order chi connectivity index (χ1) is 9.29. The summed E-state index contributed by atoms with van der Waals surface area (Å²) in [6.07, 6.45) is 4.16. The van der Waals surface area contributed by atoms with Crippen molar-refractivity contribution in [3.8, 4) is 11.8 Å². The summed E-state index contributed by atoms with van der Waals surface area (Å²) in [4.78, 5) is 11.9. The molecule has 2 N–H and O–H groups in total. The molecule has 0 saturated heterocycles. The van der Waals surface area contributed by atoms with E-state index in [1.807, 2.05) is 12.1 Å². The maximum Gasteiger partial charge on any atom is 0.251 e. The van der Waals surface area contributed by atoms with Gasteiger partial charge in [-0.05, 0) is 30.5 Å². The molecule has 3 heteroatoms. The first-order valence-electron chi connectivity index (χ1n) is 6.77. The SMILES string of the molecule is O=C(NCCC1CC1)c1cccc(C#CCCO)c1. The van der Waals surface area contributed by atoms with E-state index >= 15 is 0 Å². The summed E-state index contributed by atoms with van der Waals surface area (Å²) >= 11 is 0. The molecule has 2 rings (SSSR count). The molecule has 1 aliphatic rings. The first kappa shape index (κ1) is 13.6. The highest BCUT2D eigenvalue weighted by Crippen LogP contribution is 2.31. The van der Waals surface area contributed by atoms with E-state index in [2.05, 4.69) is 17.2 Å². The Hall–Kier alpha value is -1.79. The van der Waals surface area contributed by atoms with Crippen molar-refractivity contribution in [3.63, 3.8) is 0 Å². The van der Waals surface area contributed by atoms with E-state index in [1.165, 1.54) is 12.8 Å². The highest BCUT2D eigenvalue weighted by atomic mass is 16.2. The minimum atomic E-state index is -0.0357. The Morgan fingerprint density at radius 2 is 2.26 bits per heavy atom. The van der Waals surface area contributed by atoms with Gasteiger partial charge in [0.15, 0.2) is 0 Å². The predicted octanol–water partition coefficient (Wildman–Crippen LogP) is 1.95. The average molecular weight is 257 g/mol. The van der Waals surface area contributed by atoms with Gasteiger partial charge in [-0.15, -0.1) is 0 Å². The van der Waals surface area contributed by atoms with E-state index in [0.717, 1.165) is 24.4 Å². The minimum absolute atomic E-state index is 0.0357. The van der Waals surface area contributed by atoms with Gasteiger partial charge in [0.2, 0.25) is 0 Å². The third kappa shape index (κ3) is 4.76. The van der Waals surface area contributed by atoms with Crippen molar-refractivity contribution < 1.29 is 9.90 Å². The zero-order valence-corrected chi connectivity index (χ0v) is 11.0. The number of hydrogen-bond donors (Lipinski definition) is 2. The van der Waals surface area contributed by atoms with Gasteiger partial charge in [-0.25, -0.2) is 0 Å². The van der Waals surface area contributed by atoms with Gasteiger partial charge in [0.05, 0.1) is 6.61 Å². The molecule has 0 aliphatic heterocycles. The van der Waals surface area contributed by atoms with Crippen LogP contribution in [0.5, 0.6) is 0 Å². The highest BCUT2D eigenvalue weighted by Gasteiger charge is 2.20. The molecule has 1 aliphatic carbocycles. The monoisotopic (exact) mass is 257 g/mol. The van der Waals surface area contributed by atoms with Gasteiger partial charge in [-0.2, -0.15) is 0 Å². The second-order valence-electron chi connectivity index (χ2n) is 4.84. The van der Waals surface area contributed by atoms with Gasteiger partial charge < -0.3 is 10.4 Å². The normalized spacial score (nSPS) is 13.5. The number of benzene rings is 1. The summed E-state index contributed by atoms with van der Waals surface area (Å²) in [5.41, 5.74) is 1.45. The van der Waals surface area contributed by atoms with Crippen LogP contribution >= 0.6 is 0 Å². The van der Waals surface area contributed by atoms with E-state index in [0.29, 0.717) is 12.0 Å². The van der Waals surface area contributed by atoms with Crippen molar-refractivity contribution >= 4 is 5.91 Å². The summed E-state index contributed by atoms with van der Waals surface area (Å²) in [7, 11) is 0. The second-order valence-corrected chi connectivity index (χ2v) is 4.84. The molecule has 1 amide bonds. The molecule has 0 atom stereocenters. The van der Waals surface area contributed by atoms with Gasteiger partial charge in [-0.3, -0.25) is 4.79 Å². The van der Waals surface area contributed by atoms with Crippen LogP contribution in [0.1, 0.15) is 41.6 Å². The maximum atomic E-state index is 11.9. The Morgan fingerprint density at radius 3 is 3.00 bits per heavy atom. The van der Waals surface area contributed by atoms with Gasteiger partial charge >= 0.3 is 0 Å². The zero-order chi connectivity index (χ0) is 13.5. The van der Waals surface area contributed by atoms with Crippen molar-refractivity contribution in [3.05, 3.63) is 35.4 Å². The molecule has 1 fully saturated rings. The standard InChI is InChI=1S/C16H19NO2/c18-11-2-1-4-14-5-3-6-15(12-14)16(19)17-10-9-13-7-8-13/h3,5-6,12-13,18H,2,7-11H2,(H,17,19). The molecule has 0 aromatic heterocycles. The van der Waals surface area contributed by atoms with Crippen LogP contribution in [0.3, 0.4) is 0 Å². The Labute approximate surface area is 114 Å². The fourth-order valence-corrected chi connectivity index (χ4v) is 1.86. The zero-order valence-electron chi connectivity index (χ0n) is 11.0. The molecular formula is C16H19NO2.